The largest absolute Gasteiger partial charge is 0.310 e. The van der Waals surface area contributed by atoms with Gasteiger partial charge in [-0.3, -0.25) is 0 Å². The number of rotatable bonds is 7. The fourth-order valence-electron chi connectivity index (χ4n) is 10.4. The van der Waals surface area contributed by atoms with Gasteiger partial charge in [-0.2, -0.15) is 0 Å². The summed E-state index contributed by atoms with van der Waals surface area (Å²) in [6.07, 6.45) is 0. The molecule has 0 spiro atoms. The molecule has 0 bridgehead atoms. The minimum Gasteiger partial charge on any atom is -0.310 e. The molecular weight excluding hydrogens is 797 g/mol. The van der Waals surface area contributed by atoms with Crippen LogP contribution in [0.25, 0.3) is 104 Å². The Kier molecular flexibility index (Phi) is 8.89. The Balaban J connectivity index is 0.971. The van der Waals surface area contributed by atoms with Gasteiger partial charge in [0.2, 0.25) is 0 Å². The molecule has 0 radical (unpaired) electrons. The predicted molar refractivity (Wildman–Crippen MR) is 282 cm³/mol. The first-order valence-corrected chi connectivity index (χ1v) is 22.7. The van der Waals surface area contributed by atoms with Gasteiger partial charge >= 0.3 is 0 Å². The zero-order valence-corrected chi connectivity index (χ0v) is 36.1. The molecule has 0 atom stereocenters. The molecule has 1 heterocycles. The van der Waals surface area contributed by atoms with Crippen LogP contribution in [0, 0.1) is 0 Å². The van der Waals surface area contributed by atoms with Gasteiger partial charge in [-0.15, -0.1) is 0 Å². The summed E-state index contributed by atoms with van der Waals surface area (Å²) in [6, 6.07) is 93.4. The van der Waals surface area contributed by atoms with Crippen LogP contribution in [0.5, 0.6) is 0 Å². The Labute approximate surface area is 383 Å². The first-order valence-electron chi connectivity index (χ1n) is 22.7. The van der Waals surface area contributed by atoms with Gasteiger partial charge in [-0.05, 0) is 149 Å². The predicted octanol–water partition coefficient (Wildman–Crippen LogP) is 17.9. The number of hydrogen-bond donors (Lipinski definition) is 0. The van der Waals surface area contributed by atoms with Crippen LogP contribution in [0.4, 0.5) is 17.1 Å². The molecule has 13 rings (SSSR count). The number of anilines is 3. The smallest absolute Gasteiger partial charge is 0.0553 e. The fraction of sp³-hybridized carbons (Fsp3) is 0. The lowest BCUT2D eigenvalue weighted by Crippen LogP contribution is -2.10. The van der Waals surface area contributed by atoms with E-state index in [1.54, 1.807) is 0 Å². The highest BCUT2D eigenvalue weighted by molar-refractivity contribution is 6.23. The van der Waals surface area contributed by atoms with Crippen molar-refractivity contribution in [2.75, 3.05) is 4.90 Å². The van der Waals surface area contributed by atoms with E-state index in [1.807, 2.05) is 0 Å². The summed E-state index contributed by atoms with van der Waals surface area (Å²) in [5, 5.41) is 12.5. The SMILES string of the molecule is c1ccc(-n2c3ccccc3c3c(-c4cccc(N(c5ccc(-c6ccc7ccccc7c6)cc5)c5ccc(-c6ccc7c(ccc8ccccc87)c6)cc5)c4)c4ccccc4cc32)cc1. The van der Waals surface area contributed by atoms with Crippen LogP contribution in [0.3, 0.4) is 0 Å². The van der Waals surface area contributed by atoms with E-state index >= 15 is 0 Å². The summed E-state index contributed by atoms with van der Waals surface area (Å²) in [4.78, 5) is 2.40. The minimum absolute atomic E-state index is 1.09. The van der Waals surface area contributed by atoms with E-state index in [0.717, 1.165) is 22.7 Å². The van der Waals surface area contributed by atoms with Crippen molar-refractivity contribution in [2.45, 2.75) is 0 Å². The van der Waals surface area contributed by atoms with Gasteiger partial charge in [0, 0.05) is 33.5 Å². The molecule has 0 N–H and O–H groups in total. The Morgan fingerprint density at radius 2 is 0.788 bits per heavy atom. The third kappa shape index (κ3) is 6.34. The van der Waals surface area contributed by atoms with Gasteiger partial charge in [-0.25, -0.2) is 0 Å². The molecule has 1 aromatic heterocycles. The number of para-hydroxylation sites is 2. The van der Waals surface area contributed by atoms with Crippen LogP contribution in [0.1, 0.15) is 0 Å². The standard InChI is InChI=1S/C64H42N2/c1-2-18-53(19-3-1)66-61-24-11-10-23-60(61)64-62(66)42-50-16-7-9-22-59(50)63(64)52-17-12-20-56(41-52)65(54-34-29-44(30-35-54)48-27-25-43-13-4-5-15-47(43)39-48)55-36-31-45(32-37-55)49-33-38-58-51(40-49)28-26-46-14-6-8-21-57(46)58/h1-42H. The molecule has 0 saturated heterocycles. The molecular formula is C64H42N2. The number of benzene rings is 12. The summed E-state index contributed by atoms with van der Waals surface area (Å²) in [7, 11) is 0. The Morgan fingerprint density at radius 1 is 0.258 bits per heavy atom. The van der Waals surface area contributed by atoms with Crippen LogP contribution in [0.2, 0.25) is 0 Å². The van der Waals surface area contributed by atoms with Gasteiger partial charge in [0.05, 0.1) is 11.0 Å². The van der Waals surface area contributed by atoms with Crippen molar-refractivity contribution in [2.24, 2.45) is 0 Å². The van der Waals surface area contributed by atoms with E-state index in [1.165, 1.54) is 98.3 Å². The van der Waals surface area contributed by atoms with Gasteiger partial charge in [0.1, 0.15) is 0 Å². The third-order valence-corrected chi connectivity index (χ3v) is 13.5. The molecule has 0 aliphatic carbocycles. The fourth-order valence-corrected chi connectivity index (χ4v) is 10.4. The lowest BCUT2D eigenvalue weighted by Gasteiger charge is -2.27. The molecule has 13 aromatic rings. The highest BCUT2D eigenvalue weighted by atomic mass is 15.1. The molecule has 0 fully saturated rings. The summed E-state index contributed by atoms with van der Waals surface area (Å²) in [5.41, 5.74) is 14.0. The number of fused-ring (bicyclic) bond motifs is 8. The van der Waals surface area contributed by atoms with Gasteiger partial charge in [-0.1, -0.05) is 182 Å². The summed E-state index contributed by atoms with van der Waals surface area (Å²) < 4.78 is 2.42. The molecule has 0 saturated carbocycles. The molecule has 0 unspecified atom stereocenters. The molecule has 66 heavy (non-hydrogen) atoms. The molecule has 2 heteroatoms. The topological polar surface area (TPSA) is 8.17 Å². The van der Waals surface area contributed by atoms with Gasteiger partial charge in [0.15, 0.2) is 0 Å². The normalized spacial score (nSPS) is 11.6. The average molecular weight is 839 g/mol. The summed E-state index contributed by atoms with van der Waals surface area (Å²) in [6.45, 7) is 0. The van der Waals surface area contributed by atoms with Crippen molar-refractivity contribution in [3.8, 4) is 39.1 Å². The van der Waals surface area contributed by atoms with Crippen LogP contribution in [-0.4, -0.2) is 4.57 Å². The molecule has 308 valence electrons. The van der Waals surface area contributed by atoms with Crippen molar-refractivity contribution < 1.29 is 0 Å². The lowest BCUT2D eigenvalue weighted by molar-refractivity contribution is 1.18. The van der Waals surface area contributed by atoms with Crippen LogP contribution < -0.4 is 4.90 Å². The van der Waals surface area contributed by atoms with Crippen LogP contribution >= 0.6 is 0 Å². The first-order chi connectivity index (χ1) is 32.7. The van der Waals surface area contributed by atoms with Crippen molar-refractivity contribution in [3.05, 3.63) is 255 Å². The highest BCUT2D eigenvalue weighted by Gasteiger charge is 2.21. The number of hydrogen-bond acceptors (Lipinski definition) is 1. The van der Waals surface area contributed by atoms with Gasteiger partial charge in [0.25, 0.3) is 0 Å². The van der Waals surface area contributed by atoms with E-state index in [-0.39, 0.29) is 0 Å². The van der Waals surface area contributed by atoms with Gasteiger partial charge < -0.3 is 9.47 Å². The molecule has 0 amide bonds. The van der Waals surface area contributed by atoms with Crippen molar-refractivity contribution in [3.63, 3.8) is 0 Å². The molecule has 0 aliphatic heterocycles. The highest BCUT2D eigenvalue weighted by Crippen LogP contribution is 2.45. The molecule has 2 nitrogen and oxygen atoms in total. The minimum atomic E-state index is 1.09. The Hall–Kier alpha value is -8.72. The second-order valence-electron chi connectivity index (χ2n) is 17.3. The first kappa shape index (κ1) is 37.8. The van der Waals surface area contributed by atoms with E-state index in [4.69, 9.17) is 0 Å². The van der Waals surface area contributed by atoms with E-state index in [9.17, 15) is 0 Å². The summed E-state index contributed by atoms with van der Waals surface area (Å²) in [5.74, 6) is 0. The quantitative estimate of drug-likeness (QED) is 0.145. The van der Waals surface area contributed by atoms with E-state index in [0.29, 0.717) is 0 Å². The second kappa shape index (κ2) is 15.5. The Bertz CT molecular complexity index is 3970. The summed E-state index contributed by atoms with van der Waals surface area (Å²) >= 11 is 0. The average Bonchev–Trinajstić information content (AvgIpc) is 3.72. The Morgan fingerprint density at radius 3 is 1.55 bits per heavy atom. The zero-order chi connectivity index (χ0) is 43.6. The lowest BCUT2D eigenvalue weighted by atomic mass is 9.92. The van der Waals surface area contributed by atoms with Crippen LogP contribution in [-0.2, 0) is 0 Å². The number of aromatic nitrogens is 1. The molecule has 0 aliphatic rings. The van der Waals surface area contributed by atoms with E-state index < -0.39 is 0 Å². The maximum Gasteiger partial charge on any atom is 0.0553 e. The van der Waals surface area contributed by atoms with Crippen molar-refractivity contribution in [1.82, 2.24) is 4.57 Å². The third-order valence-electron chi connectivity index (χ3n) is 13.5. The zero-order valence-electron chi connectivity index (χ0n) is 36.1. The number of nitrogens with zero attached hydrogens (tertiary/aromatic N) is 2. The monoisotopic (exact) mass is 838 g/mol. The molecule has 12 aromatic carbocycles. The maximum absolute atomic E-state index is 2.42. The second-order valence-corrected chi connectivity index (χ2v) is 17.3. The van der Waals surface area contributed by atoms with Crippen molar-refractivity contribution in [1.29, 1.82) is 0 Å². The van der Waals surface area contributed by atoms with Crippen LogP contribution in [0.15, 0.2) is 255 Å². The van der Waals surface area contributed by atoms with E-state index in [2.05, 4.69) is 264 Å². The maximum atomic E-state index is 2.42. The van der Waals surface area contributed by atoms with Crippen molar-refractivity contribution >= 4 is 82.0 Å².